The van der Waals surface area contributed by atoms with E-state index in [9.17, 15) is 14.7 Å². The van der Waals surface area contributed by atoms with Crippen LogP contribution in [-0.4, -0.2) is 22.6 Å². The number of carbonyl (C=O) groups is 2. The minimum Gasteiger partial charge on any atom is -0.508 e. The van der Waals surface area contributed by atoms with Crippen LogP contribution in [0.2, 0.25) is 0 Å². The summed E-state index contributed by atoms with van der Waals surface area (Å²) in [5.74, 6) is -0.268. The summed E-state index contributed by atoms with van der Waals surface area (Å²) in [5.41, 5.74) is 4.15. The summed E-state index contributed by atoms with van der Waals surface area (Å²) in [6.45, 7) is 0.297. The molecule has 1 aliphatic rings. The third kappa shape index (κ3) is 4.08. The maximum absolute atomic E-state index is 12.5. The van der Waals surface area contributed by atoms with Crippen LogP contribution in [0.25, 0.3) is 0 Å². The van der Waals surface area contributed by atoms with Crippen LogP contribution in [-0.2, 0) is 11.4 Å². The van der Waals surface area contributed by atoms with Gasteiger partial charge in [0.15, 0.2) is 0 Å². The molecule has 0 fully saturated rings. The largest absolute Gasteiger partial charge is 0.508 e. The molecule has 4 rings (SSSR count). The number of esters is 1. The number of para-hydroxylation sites is 1. The van der Waals surface area contributed by atoms with E-state index in [0.717, 1.165) is 5.56 Å². The molecule has 3 aromatic carbocycles. The maximum atomic E-state index is 12.5. The van der Waals surface area contributed by atoms with E-state index in [-0.39, 0.29) is 17.2 Å². The predicted octanol–water partition coefficient (Wildman–Crippen LogP) is 3.54. The Kier molecular flexibility index (Phi) is 4.94. The fraction of sp³-hybridized carbons (Fsp3) is 0.0455. The number of nitrogens with zero attached hydrogens (tertiary/aromatic N) is 1. The Morgan fingerprint density at radius 3 is 2.59 bits per heavy atom. The molecular weight excluding hydrogens is 372 g/mol. The predicted molar refractivity (Wildman–Crippen MR) is 106 cm³/mol. The van der Waals surface area contributed by atoms with Gasteiger partial charge in [-0.25, -0.2) is 4.79 Å². The van der Waals surface area contributed by atoms with Crippen molar-refractivity contribution >= 4 is 23.2 Å². The van der Waals surface area contributed by atoms with E-state index in [1.165, 1.54) is 0 Å². The molecule has 0 aromatic heterocycles. The van der Waals surface area contributed by atoms with Crippen molar-refractivity contribution in [2.75, 3.05) is 5.43 Å². The molecule has 144 valence electrons. The lowest BCUT2D eigenvalue weighted by molar-refractivity contribution is -0.127. The van der Waals surface area contributed by atoms with Crippen molar-refractivity contribution in [1.29, 1.82) is 0 Å². The Labute approximate surface area is 166 Å². The van der Waals surface area contributed by atoms with E-state index in [1.807, 2.05) is 6.07 Å². The average Bonchev–Trinajstić information content (AvgIpc) is 2.73. The fourth-order valence-electron chi connectivity index (χ4n) is 2.77. The quantitative estimate of drug-likeness (QED) is 0.394. The summed E-state index contributed by atoms with van der Waals surface area (Å²) in [6, 6.07) is 20.2. The second-order valence-electron chi connectivity index (χ2n) is 6.27. The van der Waals surface area contributed by atoms with Crippen LogP contribution < -0.4 is 14.9 Å². The number of rotatable bonds is 5. The van der Waals surface area contributed by atoms with Crippen LogP contribution in [0.3, 0.4) is 0 Å². The van der Waals surface area contributed by atoms with Gasteiger partial charge >= 0.3 is 5.97 Å². The summed E-state index contributed by atoms with van der Waals surface area (Å²) in [6.07, 6.45) is 0. The van der Waals surface area contributed by atoms with E-state index < -0.39 is 11.8 Å². The first-order chi connectivity index (χ1) is 14.1. The Morgan fingerprint density at radius 2 is 1.76 bits per heavy atom. The Bertz CT molecular complexity index is 1110. The number of ether oxygens (including phenoxy) is 2. The van der Waals surface area contributed by atoms with Crippen LogP contribution in [0.4, 0.5) is 5.69 Å². The van der Waals surface area contributed by atoms with Crippen LogP contribution in [0.1, 0.15) is 15.9 Å². The second kappa shape index (κ2) is 7.85. The van der Waals surface area contributed by atoms with E-state index in [4.69, 9.17) is 9.47 Å². The fourth-order valence-corrected chi connectivity index (χ4v) is 2.77. The lowest BCUT2D eigenvalue weighted by Gasteiger charge is -2.15. The zero-order chi connectivity index (χ0) is 20.2. The Morgan fingerprint density at radius 1 is 0.966 bits per heavy atom. The minimum absolute atomic E-state index is 0.168. The molecule has 0 radical (unpaired) electrons. The summed E-state index contributed by atoms with van der Waals surface area (Å²) in [4.78, 5) is 24.6. The summed E-state index contributed by atoms with van der Waals surface area (Å²) >= 11 is 0. The molecule has 0 aliphatic carbocycles. The number of phenols is 1. The van der Waals surface area contributed by atoms with Gasteiger partial charge < -0.3 is 14.6 Å². The highest BCUT2D eigenvalue weighted by Crippen LogP contribution is 2.24. The topological polar surface area (TPSA) is 97.2 Å². The van der Waals surface area contributed by atoms with Crippen molar-refractivity contribution in [2.24, 2.45) is 5.10 Å². The molecule has 0 bridgehead atoms. The summed E-state index contributed by atoms with van der Waals surface area (Å²) in [5, 5.41) is 13.3. The average molecular weight is 388 g/mol. The zero-order valence-electron chi connectivity index (χ0n) is 15.2. The van der Waals surface area contributed by atoms with Crippen molar-refractivity contribution < 1.29 is 24.2 Å². The van der Waals surface area contributed by atoms with Gasteiger partial charge in [-0.1, -0.05) is 24.3 Å². The van der Waals surface area contributed by atoms with E-state index >= 15 is 0 Å². The summed E-state index contributed by atoms with van der Waals surface area (Å²) in [7, 11) is 0. The van der Waals surface area contributed by atoms with Gasteiger partial charge in [0.2, 0.25) is 11.5 Å². The van der Waals surface area contributed by atoms with Crippen LogP contribution in [0.15, 0.2) is 77.9 Å². The number of aromatic hydroxyl groups is 1. The van der Waals surface area contributed by atoms with E-state index in [2.05, 4.69) is 10.5 Å². The lowest BCUT2D eigenvalue weighted by atomic mass is 10.0. The molecule has 7 heteroatoms. The van der Waals surface area contributed by atoms with Gasteiger partial charge in [-0.3, -0.25) is 10.2 Å². The van der Waals surface area contributed by atoms with Gasteiger partial charge in [0.05, 0.1) is 11.3 Å². The normalized spacial score (nSPS) is 14.3. The number of fused-ring (bicyclic) bond motifs is 1. The first kappa shape index (κ1) is 18.2. The van der Waals surface area contributed by atoms with Crippen LogP contribution in [0, 0.1) is 0 Å². The van der Waals surface area contributed by atoms with E-state index in [0.29, 0.717) is 23.6 Å². The van der Waals surface area contributed by atoms with Gasteiger partial charge in [0, 0.05) is 0 Å². The van der Waals surface area contributed by atoms with Gasteiger partial charge in [-0.2, -0.15) is 5.10 Å². The molecule has 29 heavy (non-hydrogen) atoms. The minimum atomic E-state index is -0.798. The third-order valence-electron chi connectivity index (χ3n) is 4.21. The molecule has 3 aromatic rings. The highest BCUT2D eigenvalue weighted by Gasteiger charge is 2.32. The number of nitrogens with one attached hydrogen (secondary N) is 1. The number of phenolic OH excluding ortho intramolecular Hbond substituents is 1. The first-order valence-electron chi connectivity index (χ1n) is 8.80. The molecule has 1 heterocycles. The van der Waals surface area contributed by atoms with Gasteiger partial charge in [-0.15, -0.1) is 0 Å². The van der Waals surface area contributed by atoms with Crippen molar-refractivity contribution in [3.63, 3.8) is 0 Å². The van der Waals surface area contributed by atoms with Crippen molar-refractivity contribution in [2.45, 2.75) is 6.61 Å². The standard InChI is InChI=1S/C22H16N2O5/c25-16-8-10-17(11-9-16)28-13-14-4-3-5-15(12-14)23-24-20-21(26)18-6-1-2-7-19(18)29-22(20)27/h1-12,23,25H,13H2. The number of anilines is 1. The van der Waals surface area contributed by atoms with Crippen LogP contribution in [0.5, 0.6) is 17.2 Å². The number of hydrazone groups is 1. The van der Waals surface area contributed by atoms with Crippen LogP contribution >= 0.6 is 0 Å². The zero-order valence-corrected chi connectivity index (χ0v) is 15.2. The monoisotopic (exact) mass is 388 g/mol. The molecule has 7 nitrogen and oxygen atoms in total. The number of carbonyl (C=O) groups excluding carboxylic acids is 2. The molecule has 0 spiro atoms. The second-order valence-corrected chi connectivity index (χ2v) is 6.27. The number of Topliss-reactive ketones (excluding diaryl/α,β-unsaturated/α-hetero) is 1. The highest BCUT2D eigenvalue weighted by atomic mass is 16.5. The lowest BCUT2D eigenvalue weighted by Crippen LogP contribution is -2.34. The number of benzene rings is 3. The molecule has 0 atom stereocenters. The summed E-state index contributed by atoms with van der Waals surface area (Å²) < 4.78 is 10.8. The molecule has 2 N–H and O–H groups in total. The van der Waals surface area contributed by atoms with Gasteiger partial charge in [0.25, 0.3) is 0 Å². The Balaban J connectivity index is 1.46. The molecule has 1 aliphatic heterocycles. The molecule has 0 amide bonds. The smallest absolute Gasteiger partial charge is 0.368 e. The SMILES string of the molecule is O=C1Oc2ccccc2C(=O)C1=NNc1cccc(COc2ccc(O)cc2)c1. The van der Waals surface area contributed by atoms with E-state index in [1.54, 1.807) is 66.7 Å². The third-order valence-corrected chi connectivity index (χ3v) is 4.21. The molecule has 0 saturated carbocycles. The molecular formula is C22H16N2O5. The van der Waals surface area contributed by atoms with Crippen molar-refractivity contribution in [3.05, 3.63) is 83.9 Å². The van der Waals surface area contributed by atoms with Gasteiger partial charge in [-0.05, 0) is 54.1 Å². The maximum Gasteiger partial charge on any atom is 0.368 e. The van der Waals surface area contributed by atoms with Crippen molar-refractivity contribution in [1.82, 2.24) is 0 Å². The number of ketones is 1. The molecule has 0 saturated heterocycles. The molecule has 0 unspecified atom stereocenters. The highest BCUT2D eigenvalue weighted by molar-refractivity contribution is 6.69. The van der Waals surface area contributed by atoms with Gasteiger partial charge in [0.1, 0.15) is 23.9 Å². The number of hydrogen-bond acceptors (Lipinski definition) is 7. The first-order valence-corrected chi connectivity index (χ1v) is 8.80. The number of hydrogen-bond donors (Lipinski definition) is 2. The van der Waals surface area contributed by atoms with Crippen molar-refractivity contribution in [3.8, 4) is 17.2 Å². The Hall–Kier alpha value is -4.13.